The van der Waals surface area contributed by atoms with Crippen LogP contribution in [0.15, 0.2) is 0 Å². The van der Waals surface area contributed by atoms with Crippen LogP contribution in [0.5, 0.6) is 0 Å². The molecule has 3 nitrogen and oxygen atoms in total. The number of carbonyl (C=O) groups excluding carboxylic acids is 1. The average Bonchev–Trinajstić information content (AvgIpc) is 2.14. The van der Waals surface area contributed by atoms with Crippen molar-refractivity contribution in [2.75, 3.05) is 13.1 Å². The monoisotopic (exact) mass is 156 g/mol. The summed E-state index contributed by atoms with van der Waals surface area (Å²) in [5.74, 6) is 0.0481. The maximum absolute atomic E-state index is 10.7. The van der Waals surface area contributed by atoms with Gasteiger partial charge in [0.15, 0.2) is 0 Å². The Morgan fingerprint density at radius 2 is 1.73 bits per heavy atom. The van der Waals surface area contributed by atoms with Crippen LogP contribution in [0.1, 0.15) is 32.6 Å². The summed E-state index contributed by atoms with van der Waals surface area (Å²) in [5.41, 5.74) is 2.82. The Hall–Kier alpha value is -0.570. The molecule has 0 aliphatic carbocycles. The van der Waals surface area contributed by atoms with E-state index in [1.165, 1.54) is 25.7 Å². The molecule has 1 aliphatic rings. The third kappa shape index (κ3) is 3.37. The molecule has 0 aromatic heterocycles. The zero-order chi connectivity index (χ0) is 8.10. The Bertz CT molecular complexity index is 128. The predicted octanol–water partition coefficient (Wildman–Crippen LogP) is 0.913. The second-order valence-corrected chi connectivity index (χ2v) is 3.07. The van der Waals surface area contributed by atoms with Crippen molar-refractivity contribution in [2.45, 2.75) is 32.6 Å². The number of carbonyl (C=O) groups is 1. The van der Waals surface area contributed by atoms with Crippen molar-refractivity contribution in [3.05, 3.63) is 0 Å². The van der Waals surface area contributed by atoms with Crippen LogP contribution in [0.3, 0.4) is 0 Å². The number of hydrogen-bond acceptors (Lipinski definition) is 2. The molecule has 1 rings (SSSR count). The van der Waals surface area contributed by atoms with Crippen molar-refractivity contribution >= 4 is 5.91 Å². The first-order valence-corrected chi connectivity index (χ1v) is 4.31. The van der Waals surface area contributed by atoms with Crippen LogP contribution in [0, 0.1) is 0 Å². The van der Waals surface area contributed by atoms with Crippen molar-refractivity contribution in [1.29, 1.82) is 0 Å². The summed E-state index contributed by atoms with van der Waals surface area (Å²) in [4.78, 5) is 10.7. The van der Waals surface area contributed by atoms with E-state index in [2.05, 4.69) is 5.43 Å². The first-order valence-electron chi connectivity index (χ1n) is 4.31. The van der Waals surface area contributed by atoms with E-state index in [0.717, 1.165) is 13.1 Å². The average molecular weight is 156 g/mol. The second-order valence-electron chi connectivity index (χ2n) is 3.07. The first-order chi connectivity index (χ1) is 5.29. The van der Waals surface area contributed by atoms with Crippen molar-refractivity contribution in [2.24, 2.45) is 0 Å². The van der Waals surface area contributed by atoms with Gasteiger partial charge >= 0.3 is 0 Å². The van der Waals surface area contributed by atoms with E-state index < -0.39 is 0 Å². The van der Waals surface area contributed by atoms with E-state index in [0.29, 0.717) is 0 Å². The van der Waals surface area contributed by atoms with Gasteiger partial charge in [0.2, 0.25) is 5.91 Å². The van der Waals surface area contributed by atoms with Crippen LogP contribution in [0.4, 0.5) is 0 Å². The highest BCUT2D eigenvalue weighted by Crippen LogP contribution is 2.06. The Balaban J connectivity index is 2.25. The van der Waals surface area contributed by atoms with E-state index in [1.54, 1.807) is 6.92 Å². The number of hydrazine groups is 1. The fourth-order valence-electron chi connectivity index (χ4n) is 1.41. The summed E-state index contributed by atoms with van der Waals surface area (Å²) in [5, 5.41) is 2.02. The van der Waals surface area contributed by atoms with Gasteiger partial charge in [-0.15, -0.1) is 0 Å². The molecular weight excluding hydrogens is 140 g/mol. The molecule has 0 atom stereocenters. The third-order valence-electron chi connectivity index (χ3n) is 1.92. The van der Waals surface area contributed by atoms with Gasteiger partial charge in [-0.1, -0.05) is 12.8 Å². The predicted molar refractivity (Wildman–Crippen MR) is 43.9 cm³/mol. The van der Waals surface area contributed by atoms with E-state index in [-0.39, 0.29) is 5.91 Å². The molecule has 1 saturated heterocycles. The lowest BCUT2D eigenvalue weighted by molar-refractivity contribution is -0.123. The van der Waals surface area contributed by atoms with Crippen LogP contribution < -0.4 is 5.43 Å². The SMILES string of the molecule is CC(=O)NN1CCCCCC1. The van der Waals surface area contributed by atoms with Crippen molar-refractivity contribution in [1.82, 2.24) is 10.4 Å². The third-order valence-corrected chi connectivity index (χ3v) is 1.92. The molecule has 1 N–H and O–H groups in total. The molecule has 3 heteroatoms. The van der Waals surface area contributed by atoms with Gasteiger partial charge in [-0.2, -0.15) is 0 Å². The second kappa shape index (κ2) is 4.34. The summed E-state index contributed by atoms with van der Waals surface area (Å²) in [6, 6.07) is 0. The lowest BCUT2D eigenvalue weighted by atomic mass is 10.2. The van der Waals surface area contributed by atoms with Gasteiger partial charge in [0.25, 0.3) is 0 Å². The van der Waals surface area contributed by atoms with Gasteiger partial charge in [0.1, 0.15) is 0 Å². The number of hydrogen-bond donors (Lipinski definition) is 1. The van der Waals surface area contributed by atoms with Crippen LogP contribution in [-0.4, -0.2) is 24.0 Å². The van der Waals surface area contributed by atoms with Crippen LogP contribution in [0.25, 0.3) is 0 Å². The van der Waals surface area contributed by atoms with E-state index in [1.807, 2.05) is 5.01 Å². The molecule has 64 valence electrons. The minimum Gasteiger partial charge on any atom is -0.289 e. The normalized spacial score (nSPS) is 20.8. The molecule has 0 aromatic rings. The van der Waals surface area contributed by atoms with E-state index in [9.17, 15) is 4.79 Å². The smallest absolute Gasteiger partial charge is 0.231 e. The Labute approximate surface area is 67.7 Å². The van der Waals surface area contributed by atoms with Crippen molar-refractivity contribution < 1.29 is 4.79 Å². The molecule has 1 heterocycles. The quantitative estimate of drug-likeness (QED) is 0.612. The summed E-state index contributed by atoms with van der Waals surface area (Å²) < 4.78 is 0. The Kier molecular flexibility index (Phi) is 3.36. The molecule has 0 spiro atoms. The topological polar surface area (TPSA) is 32.3 Å². The van der Waals surface area contributed by atoms with Gasteiger partial charge in [-0.3, -0.25) is 10.2 Å². The maximum atomic E-state index is 10.7. The zero-order valence-corrected chi connectivity index (χ0v) is 7.10. The largest absolute Gasteiger partial charge is 0.289 e. The molecule has 1 fully saturated rings. The molecule has 0 bridgehead atoms. The molecule has 0 aromatic carbocycles. The molecule has 1 aliphatic heterocycles. The molecule has 0 unspecified atom stereocenters. The Morgan fingerprint density at radius 3 is 2.18 bits per heavy atom. The van der Waals surface area contributed by atoms with Crippen molar-refractivity contribution in [3.8, 4) is 0 Å². The lowest BCUT2D eigenvalue weighted by Crippen LogP contribution is -2.41. The van der Waals surface area contributed by atoms with Crippen molar-refractivity contribution in [3.63, 3.8) is 0 Å². The summed E-state index contributed by atoms with van der Waals surface area (Å²) in [6.07, 6.45) is 5.02. The van der Waals surface area contributed by atoms with Gasteiger partial charge in [0.05, 0.1) is 0 Å². The Morgan fingerprint density at radius 1 is 1.18 bits per heavy atom. The molecule has 1 amide bonds. The first kappa shape index (κ1) is 8.53. The highest BCUT2D eigenvalue weighted by molar-refractivity contribution is 5.72. The van der Waals surface area contributed by atoms with E-state index >= 15 is 0 Å². The standard InChI is InChI=1S/C8H16N2O/c1-8(11)9-10-6-4-2-3-5-7-10/h2-7H2,1H3,(H,9,11). The van der Waals surface area contributed by atoms with Gasteiger partial charge in [-0.05, 0) is 12.8 Å². The number of nitrogens with zero attached hydrogens (tertiary/aromatic N) is 1. The summed E-state index contributed by atoms with van der Waals surface area (Å²) in [6.45, 7) is 3.59. The fourth-order valence-corrected chi connectivity index (χ4v) is 1.41. The van der Waals surface area contributed by atoms with Crippen LogP contribution in [0.2, 0.25) is 0 Å². The number of nitrogens with one attached hydrogen (secondary N) is 1. The lowest BCUT2D eigenvalue weighted by Gasteiger charge is -2.19. The fraction of sp³-hybridized carbons (Fsp3) is 0.875. The molecular formula is C8H16N2O. The van der Waals surface area contributed by atoms with Crippen LogP contribution in [-0.2, 0) is 4.79 Å². The number of amides is 1. The highest BCUT2D eigenvalue weighted by Gasteiger charge is 2.08. The van der Waals surface area contributed by atoms with E-state index in [4.69, 9.17) is 0 Å². The van der Waals surface area contributed by atoms with Gasteiger partial charge < -0.3 is 0 Å². The minimum atomic E-state index is 0.0481. The van der Waals surface area contributed by atoms with Crippen LogP contribution >= 0.6 is 0 Å². The summed E-state index contributed by atoms with van der Waals surface area (Å²) in [7, 11) is 0. The highest BCUT2D eigenvalue weighted by atomic mass is 16.2. The maximum Gasteiger partial charge on any atom is 0.231 e. The minimum absolute atomic E-state index is 0.0481. The molecule has 0 radical (unpaired) electrons. The zero-order valence-electron chi connectivity index (χ0n) is 7.10. The number of rotatable bonds is 1. The molecule has 0 saturated carbocycles. The van der Waals surface area contributed by atoms with Gasteiger partial charge in [0, 0.05) is 20.0 Å². The molecule has 11 heavy (non-hydrogen) atoms. The van der Waals surface area contributed by atoms with Gasteiger partial charge in [-0.25, -0.2) is 5.01 Å². The summed E-state index contributed by atoms with van der Waals surface area (Å²) >= 11 is 0.